The van der Waals surface area contributed by atoms with Crippen LogP contribution in [0.5, 0.6) is 0 Å². The minimum Gasteiger partial charge on any atom is -0.375 e. The molecule has 10 rings (SSSR count). The summed E-state index contributed by atoms with van der Waals surface area (Å²) >= 11 is 0. The highest BCUT2D eigenvalue weighted by Crippen LogP contribution is 2.46. The molecule has 4 aromatic rings. The van der Waals surface area contributed by atoms with Gasteiger partial charge in [-0.15, -0.1) is 0 Å². The molecule has 2 heterocycles. The third-order valence-electron chi connectivity index (χ3n) is 15.9. The molecule has 5 heteroatoms. The lowest BCUT2D eigenvalue weighted by atomic mass is 9.68. The molecule has 318 valence electrons. The predicted molar refractivity (Wildman–Crippen MR) is 244 cm³/mol. The van der Waals surface area contributed by atoms with Gasteiger partial charge in [-0.05, 0) is 195 Å². The van der Waals surface area contributed by atoms with Gasteiger partial charge in [-0.1, -0.05) is 85.6 Å². The first-order valence-corrected chi connectivity index (χ1v) is 24.1. The molecule has 61 heavy (non-hydrogen) atoms. The zero-order valence-corrected chi connectivity index (χ0v) is 36.3. The summed E-state index contributed by atoms with van der Waals surface area (Å²) in [7, 11) is 0. The quantitative estimate of drug-likeness (QED) is 0.141. The molecule has 2 saturated heterocycles. The van der Waals surface area contributed by atoms with Crippen LogP contribution in [0.2, 0.25) is 0 Å². The van der Waals surface area contributed by atoms with E-state index in [9.17, 15) is 0 Å². The fourth-order valence-corrected chi connectivity index (χ4v) is 11.8. The maximum absolute atomic E-state index is 8.98. The minimum absolute atomic E-state index is 0.395. The molecule has 2 unspecified atom stereocenters. The molecule has 4 aliphatic carbocycles. The molecule has 4 aromatic carbocycles. The Morgan fingerprint density at radius 1 is 0.426 bits per heavy atom. The Kier molecular flexibility index (Phi) is 14.0. The normalized spacial score (nSPS) is 30.8. The van der Waals surface area contributed by atoms with Gasteiger partial charge in [0, 0.05) is 0 Å². The van der Waals surface area contributed by atoms with Gasteiger partial charge in [0.25, 0.3) is 0 Å². The second kappa shape index (κ2) is 20.3. The molecule has 6 fully saturated rings. The number of benzene rings is 4. The molecule has 4 saturated carbocycles. The lowest BCUT2D eigenvalue weighted by Gasteiger charge is -2.38. The Labute approximate surface area is 365 Å². The molecule has 2 aliphatic heterocycles. The van der Waals surface area contributed by atoms with Gasteiger partial charge in [-0.3, -0.25) is 0 Å². The maximum Gasteiger partial charge on any atom is 0.104 e. The maximum atomic E-state index is 8.98. The number of ether oxygens (including phenoxy) is 3. The summed E-state index contributed by atoms with van der Waals surface area (Å²) in [6, 6.07) is 38.5. The van der Waals surface area contributed by atoms with Gasteiger partial charge < -0.3 is 14.2 Å². The Balaban J connectivity index is 0.000000156. The van der Waals surface area contributed by atoms with E-state index in [0.29, 0.717) is 29.8 Å². The number of rotatable bonds is 11. The Morgan fingerprint density at radius 2 is 0.770 bits per heavy atom. The molecular weight excluding hydrogens is 749 g/mol. The van der Waals surface area contributed by atoms with Crippen molar-refractivity contribution in [2.45, 2.75) is 139 Å². The highest BCUT2D eigenvalue weighted by Gasteiger charge is 2.35. The summed E-state index contributed by atoms with van der Waals surface area (Å²) in [6.45, 7) is 2.74. The van der Waals surface area contributed by atoms with Crippen molar-refractivity contribution in [3.05, 3.63) is 119 Å². The molecular formula is C56H66N2O3. The van der Waals surface area contributed by atoms with Crippen LogP contribution in [0.15, 0.2) is 97.1 Å². The summed E-state index contributed by atoms with van der Waals surface area (Å²) in [6.07, 6.45) is 24.8. The van der Waals surface area contributed by atoms with E-state index in [0.717, 1.165) is 60.9 Å². The van der Waals surface area contributed by atoms with E-state index in [1.165, 1.54) is 143 Å². The smallest absolute Gasteiger partial charge is 0.104 e. The van der Waals surface area contributed by atoms with Crippen molar-refractivity contribution in [3.8, 4) is 34.4 Å². The van der Waals surface area contributed by atoms with E-state index in [4.69, 9.17) is 24.7 Å². The fourth-order valence-electron chi connectivity index (χ4n) is 11.8. The monoisotopic (exact) mass is 815 g/mol. The van der Waals surface area contributed by atoms with Crippen molar-refractivity contribution in [3.63, 3.8) is 0 Å². The van der Waals surface area contributed by atoms with Gasteiger partial charge in [0.15, 0.2) is 0 Å². The van der Waals surface area contributed by atoms with Gasteiger partial charge >= 0.3 is 0 Å². The van der Waals surface area contributed by atoms with E-state index in [1.54, 1.807) is 0 Å². The van der Waals surface area contributed by atoms with Crippen LogP contribution in [-0.4, -0.2) is 38.1 Å². The first-order valence-electron chi connectivity index (χ1n) is 24.1. The van der Waals surface area contributed by atoms with Crippen LogP contribution < -0.4 is 0 Å². The molecule has 0 bridgehead atoms. The van der Waals surface area contributed by atoms with Crippen molar-refractivity contribution in [2.24, 2.45) is 29.6 Å². The van der Waals surface area contributed by atoms with E-state index in [2.05, 4.69) is 60.7 Å². The number of hydrogen-bond donors (Lipinski definition) is 0. The second-order valence-electron chi connectivity index (χ2n) is 19.6. The largest absolute Gasteiger partial charge is 0.375 e. The van der Waals surface area contributed by atoms with Gasteiger partial charge in [-0.2, -0.15) is 10.5 Å². The lowest BCUT2D eigenvalue weighted by Crippen LogP contribution is -2.29. The molecule has 6 aliphatic rings. The van der Waals surface area contributed by atoms with E-state index in [1.807, 2.05) is 48.5 Å². The average molecular weight is 815 g/mol. The van der Waals surface area contributed by atoms with Gasteiger partial charge in [0.2, 0.25) is 0 Å². The molecule has 5 nitrogen and oxygen atoms in total. The van der Waals surface area contributed by atoms with Crippen LogP contribution in [0.1, 0.15) is 143 Å². The third-order valence-corrected chi connectivity index (χ3v) is 15.9. The summed E-state index contributed by atoms with van der Waals surface area (Å²) in [5.41, 5.74) is 9.28. The van der Waals surface area contributed by atoms with Gasteiger partial charge in [0.05, 0.1) is 55.3 Å². The lowest BCUT2D eigenvalue weighted by molar-refractivity contribution is 0.00133. The summed E-state index contributed by atoms with van der Waals surface area (Å²) in [5, 5.41) is 17.9. The molecule has 0 radical (unpaired) electrons. The molecule has 0 amide bonds. The average Bonchev–Trinajstić information content (AvgIpc) is 4.30. The number of hydrogen-bond acceptors (Lipinski definition) is 5. The van der Waals surface area contributed by atoms with E-state index in [-0.39, 0.29) is 0 Å². The third kappa shape index (κ3) is 11.4. The zero-order chi connectivity index (χ0) is 41.4. The van der Waals surface area contributed by atoms with E-state index < -0.39 is 0 Å². The van der Waals surface area contributed by atoms with Crippen LogP contribution in [0.3, 0.4) is 0 Å². The Morgan fingerprint density at radius 3 is 1.13 bits per heavy atom. The summed E-state index contributed by atoms with van der Waals surface area (Å²) in [4.78, 5) is 0. The van der Waals surface area contributed by atoms with Crippen molar-refractivity contribution < 1.29 is 14.2 Å². The molecule has 0 N–H and O–H groups in total. The Bertz CT molecular complexity index is 2040. The van der Waals surface area contributed by atoms with Crippen molar-refractivity contribution in [1.29, 1.82) is 10.5 Å². The number of nitrogens with zero attached hydrogens (tertiary/aromatic N) is 2. The predicted octanol–water partition coefficient (Wildman–Crippen LogP) is 13.6. The highest BCUT2D eigenvalue weighted by atomic mass is 16.6. The van der Waals surface area contributed by atoms with Crippen LogP contribution in [0.25, 0.3) is 22.3 Å². The van der Waals surface area contributed by atoms with Crippen molar-refractivity contribution in [2.75, 3.05) is 19.8 Å². The second-order valence-corrected chi connectivity index (χ2v) is 19.6. The first kappa shape index (κ1) is 42.1. The summed E-state index contributed by atoms with van der Waals surface area (Å²) < 4.78 is 16.7. The van der Waals surface area contributed by atoms with Gasteiger partial charge in [0.1, 0.15) is 6.10 Å². The van der Waals surface area contributed by atoms with E-state index >= 15 is 0 Å². The minimum atomic E-state index is 0.395. The van der Waals surface area contributed by atoms with Crippen molar-refractivity contribution in [1.82, 2.24) is 0 Å². The van der Waals surface area contributed by atoms with Crippen LogP contribution in [-0.2, 0) is 14.2 Å². The fraction of sp³-hybridized carbons (Fsp3) is 0.536. The molecule has 0 spiro atoms. The number of epoxide rings is 2. The Hall–Kier alpha value is -4.26. The van der Waals surface area contributed by atoms with Crippen LogP contribution in [0.4, 0.5) is 0 Å². The van der Waals surface area contributed by atoms with Gasteiger partial charge in [-0.25, -0.2) is 0 Å². The number of nitriles is 2. The first-order chi connectivity index (χ1) is 30.1. The SMILES string of the molecule is N#Cc1ccc(-c2ccc(C3CCC(C4CCC(CC5CO5)CC4)CC3)cc2)cc1.N#Cc1ccc(-c2ccc(C3CCC(C4CCC(OCC5CO5)CC4)CC3)cc2)cc1. The van der Waals surface area contributed by atoms with Crippen LogP contribution >= 0.6 is 0 Å². The highest BCUT2D eigenvalue weighted by molar-refractivity contribution is 5.65. The van der Waals surface area contributed by atoms with Crippen LogP contribution in [0, 0.1) is 52.3 Å². The zero-order valence-electron chi connectivity index (χ0n) is 36.3. The topological polar surface area (TPSA) is 81.9 Å². The van der Waals surface area contributed by atoms with Crippen molar-refractivity contribution >= 4 is 0 Å². The molecule has 2 atom stereocenters. The molecule has 0 aromatic heterocycles. The standard InChI is InChI=1S/C28H33NO2.C28H33NO/c29-17-20-1-3-21(4-2-20)22-5-7-23(8-6-22)24-9-11-25(12-10-24)26-13-15-27(16-14-26)30-18-28-19-31-28;29-18-21-3-7-23(8-4-21)25-11-15-27(16-12-25)26-13-9-24(10-14-26)22-5-1-20(2-6-22)17-28-19-30-28/h1-8,24-28H,9-16,18-19H2;3-4,7-8,11-12,15-16,20,22,24,26,28H,1-2,5-6,9-10,13-14,17,19H2. The summed E-state index contributed by atoms with van der Waals surface area (Å²) in [5.74, 6) is 6.18.